The highest BCUT2D eigenvalue weighted by atomic mass is 79.9. The van der Waals surface area contributed by atoms with Crippen molar-refractivity contribution in [3.63, 3.8) is 0 Å². The summed E-state index contributed by atoms with van der Waals surface area (Å²) in [6.45, 7) is 1.71. The molecule has 148 valence electrons. The van der Waals surface area contributed by atoms with Crippen LogP contribution in [0.5, 0.6) is 5.75 Å². The van der Waals surface area contributed by atoms with E-state index in [1.165, 1.54) is 12.1 Å². The number of carbonyl (C=O) groups is 2. The van der Waals surface area contributed by atoms with E-state index in [2.05, 4.69) is 21.2 Å². The third kappa shape index (κ3) is 3.64. The van der Waals surface area contributed by atoms with Crippen LogP contribution in [0.25, 0.3) is 0 Å². The molecule has 1 aliphatic rings. The van der Waals surface area contributed by atoms with Crippen molar-refractivity contribution in [3.05, 3.63) is 58.1 Å². The lowest BCUT2D eigenvalue weighted by molar-refractivity contribution is -0.131. The monoisotopic (exact) mass is 466 g/mol. The zero-order valence-electron chi connectivity index (χ0n) is 15.5. The van der Waals surface area contributed by atoms with Crippen LogP contribution in [0.1, 0.15) is 18.1 Å². The molecule has 1 fully saturated rings. The van der Waals surface area contributed by atoms with Gasteiger partial charge >= 0.3 is 6.03 Å². The average Bonchev–Trinajstić information content (AvgIpc) is 2.85. The molecule has 3 rings (SSSR count). The van der Waals surface area contributed by atoms with Crippen LogP contribution in [-0.2, 0) is 26.7 Å². The molecule has 0 bridgehead atoms. The predicted molar refractivity (Wildman–Crippen MR) is 107 cm³/mol. The van der Waals surface area contributed by atoms with E-state index < -0.39 is 27.3 Å². The van der Waals surface area contributed by atoms with Crippen molar-refractivity contribution in [1.82, 2.24) is 10.2 Å². The molecule has 3 amide bonds. The van der Waals surface area contributed by atoms with Crippen LogP contribution in [0.4, 0.5) is 4.79 Å². The standard InChI is InChI=1S/C19H19BrN2O5S/c1-19(13-5-7-14(8-6-13)28(3,25)26)17(23)22(18(24)21-19)11-12-4-9-16(27-2)15(20)10-12/h4-10H,11H2,1-3H3,(H,21,24). The minimum atomic E-state index is -3.35. The molecule has 1 atom stereocenters. The molecule has 1 aliphatic heterocycles. The summed E-state index contributed by atoms with van der Waals surface area (Å²) in [6.07, 6.45) is 1.11. The van der Waals surface area contributed by atoms with Crippen molar-refractivity contribution in [3.8, 4) is 5.75 Å². The fourth-order valence-corrected chi connectivity index (χ4v) is 4.28. The van der Waals surface area contributed by atoms with Gasteiger partial charge < -0.3 is 10.1 Å². The maximum atomic E-state index is 13.0. The Labute approximate surface area is 171 Å². The van der Waals surface area contributed by atoms with E-state index in [1.807, 2.05) is 0 Å². The van der Waals surface area contributed by atoms with E-state index in [0.29, 0.717) is 11.3 Å². The maximum absolute atomic E-state index is 13.0. The Morgan fingerprint density at radius 3 is 2.32 bits per heavy atom. The molecule has 0 spiro atoms. The molecular formula is C19H19BrN2O5S. The normalized spacial score (nSPS) is 19.6. The summed E-state index contributed by atoms with van der Waals surface area (Å²) in [5, 5.41) is 2.71. The zero-order valence-corrected chi connectivity index (χ0v) is 17.9. The van der Waals surface area contributed by atoms with Gasteiger partial charge in [-0.2, -0.15) is 0 Å². The summed E-state index contributed by atoms with van der Waals surface area (Å²) in [7, 11) is -1.79. The van der Waals surface area contributed by atoms with Gasteiger partial charge in [0.15, 0.2) is 9.84 Å². The Morgan fingerprint density at radius 1 is 1.14 bits per heavy atom. The molecule has 0 aliphatic carbocycles. The number of hydrogen-bond acceptors (Lipinski definition) is 5. The van der Waals surface area contributed by atoms with E-state index >= 15 is 0 Å². The summed E-state index contributed by atoms with van der Waals surface area (Å²) >= 11 is 3.39. The topological polar surface area (TPSA) is 92.8 Å². The van der Waals surface area contributed by atoms with Crippen molar-refractivity contribution in [2.24, 2.45) is 0 Å². The van der Waals surface area contributed by atoms with Crippen LogP contribution in [0.15, 0.2) is 51.8 Å². The number of benzene rings is 2. The minimum absolute atomic E-state index is 0.101. The number of rotatable bonds is 5. The molecule has 1 N–H and O–H groups in total. The van der Waals surface area contributed by atoms with Gasteiger partial charge in [0.1, 0.15) is 11.3 Å². The van der Waals surface area contributed by atoms with E-state index in [-0.39, 0.29) is 11.4 Å². The molecule has 7 nitrogen and oxygen atoms in total. The molecule has 0 radical (unpaired) electrons. The number of amides is 3. The number of halogens is 1. The quantitative estimate of drug-likeness (QED) is 0.683. The van der Waals surface area contributed by atoms with E-state index in [1.54, 1.807) is 44.4 Å². The third-order valence-corrected chi connectivity index (χ3v) is 6.44. The lowest BCUT2D eigenvalue weighted by Crippen LogP contribution is -2.40. The first-order chi connectivity index (χ1) is 13.1. The van der Waals surface area contributed by atoms with E-state index in [4.69, 9.17) is 4.74 Å². The van der Waals surface area contributed by atoms with Gasteiger partial charge in [-0.1, -0.05) is 18.2 Å². The van der Waals surface area contributed by atoms with Gasteiger partial charge in [0.05, 0.1) is 23.0 Å². The number of imide groups is 1. The van der Waals surface area contributed by atoms with Crippen LogP contribution in [0, 0.1) is 0 Å². The number of carbonyl (C=O) groups excluding carboxylic acids is 2. The number of hydrogen-bond donors (Lipinski definition) is 1. The van der Waals surface area contributed by atoms with Crippen molar-refractivity contribution < 1.29 is 22.7 Å². The molecular weight excluding hydrogens is 448 g/mol. The third-order valence-electron chi connectivity index (χ3n) is 4.69. The molecule has 2 aromatic rings. The predicted octanol–water partition coefficient (Wildman–Crippen LogP) is 2.83. The number of sulfone groups is 1. The minimum Gasteiger partial charge on any atom is -0.496 e. The Morgan fingerprint density at radius 2 is 1.79 bits per heavy atom. The van der Waals surface area contributed by atoms with Crippen molar-refractivity contribution in [1.29, 1.82) is 0 Å². The number of methoxy groups -OCH3 is 1. The molecule has 28 heavy (non-hydrogen) atoms. The van der Waals surface area contributed by atoms with Gasteiger partial charge in [0, 0.05) is 6.26 Å². The molecule has 1 heterocycles. The summed E-state index contributed by atoms with van der Waals surface area (Å²) in [6, 6.07) is 10.8. The van der Waals surface area contributed by atoms with Gasteiger partial charge in [-0.3, -0.25) is 9.69 Å². The van der Waals surface area contributed by atoms with Gasteiger partial charge in [0.2, 0.25) is 0 Å². The van der Waals surface area contributed by atoms with Crippen LogP contribution in [-0.4, -0.2) is 38.6 Å². The number of nitrogens with one attached hydrogen (secondary N) is 1. The van der Waals surface area contributed by atoms with Gasteiger partial charge in [0.25, 0.3) is 5.91 Å². The second-order valence-corrected chi connectivity index (χ2v) is 9.58. The maximum Gasteiger partial charge on any atom is 0.325 e. The molecule has 2 aromatic carbocycles. The molecule has 1 saturated heterocycles. The molecule has 0 aromatic heterocycles. The Bertz CT molecular complexity index is 1050. The molecule has 1 unspecified atom stereocenters. The second-order valence-electron chi connectivity index (χ2n) is 6.71. The summed E-state index contributed by atoms with van der Waals surface area (Å²) in [5.41, 5.74) is 0.00102. The summed E-state index contributed by atoms with van der Waals surface area (Å²) < 4.78 is 29.2. The highest BCUT2D eigenvalue weighted by Crippen LogP contribution is 2.32. The fourth-order valence-electron chi connectivity index (χ4n) is 3.06. The first kappa shape index (κ1) is 20.3. The Hall–Kier alpha value is -2.39. The Balaban J connectivity index is 1.87. The zero-order chi connectivity index (χ0) is 20.7. The van der Waals surface area contributed by atoms with Gasteiger partial charge in [-0.05, 0) is 58.2 Å². The average molecular weight is 467 g/mol. The van der Waals surface area contributed by atoms with Crippen molar-refractivity contribution >= 4 is 37.7 Å². The second kappa shape index (κ2) is 7.21. The number of urea groups is 1. The highest BCUT2D eigenvalue weighted by Gasteiger charge is 2.48. The molecule has 0 saturated carbocycles. The van der Waals surface area contributed by atoms with E-state index in [9.17, 15) is 18.0 Å². The van der Waals surface area contributed by atoms with Crippen LogP contribution in [0.3, 0.4) is 0 Å². The largest absolute Gasteiger partial charge is 0.496 e. The first-order valence-electron chi connectivity index (χ1n) is 8.33. The SMILES string of the molecule is COc1ccc(CN2C(=O)NC(C)(c3ccc(S(C)(=O)=O)cc3)C2=O)cc1Br. The smallest absolute Gasteiger partial charge is 0.325 e. The van der Waals surface area contributed by atoms with Crippen molar-refractivity contribution in [2.45, 2.75) is 23.9 Å². The summed E-state index contributed by atoms with van der Waals surface area (Å²) in [4.78, 5) is 26.8. The highest BCUT2D eigenvalue weighted by molar-refractivity contribution is 9.10. The first-order valence-corrected chi connectivity index (χ1v) is 11.0. The number of nitrogens with zero attached hydrogens (tertiary/aromatic N) is 1. The van der Waals surface area contributed by atoms with Crippen LogP contribution in [0.2, 0.25) is 0 Å². The van der Waals surface area contributed by atoms with Gasteiger partial charge in [-0.25, -0.2) is 13.2 Å². The summed E-state index contributed by atoms with van der Waals surface area (Å²) in [5.74, 6) is 0.244. The number of ether oxygens (including phenoxy) is 1. The fraction of sp³-hybridized carbons (Fsp3) is 0.263. The molecule has 9 heteroatoms. The Kier molecular flexibility index (Phi) is 5.24. The van der Waals surface area contributed by atoms with Gasteiger partial charge in [-0.15, -0.1) is 0 Å². The van der Waals surface area contributed by atoms with Crippen molar-refractivity contribution in [2.75, 3.05) is 13.4 Å². The lowest BCUT2D eigenvalue weighted by Gasteiger charge is -2.22. The lowest BCUT2D eigenvalue weighted by atomic mass is 9.92. The van der Waals surface area contributed by atoms with Crippen LogP contribution >= 0.6 is 15.9 Å². The van der Waals surface area contributed by atoms with E-state index in [0.717, 1.165) is 21.2 Å². The van der Waals surface area contributed by atoms with Crippen LogP contribution < -0.4 is 10.1 Å².